The molecule has 0 aromatic heterocycles. The standard InChI is InChI=1S/C11H19NO4/c13-11(10-9-16-10)15-6-2-1-3-12-4-7-14-8-5-12/h10H,1-9H2. The lowest BCUT2D eigenvalue weighted by Gasteiger charge is -2.26. The van der Waals surface area contributed by atoms with Gasteiger partial charge < -0.3 is 14.2 Å². The molecule has 0 amide bonds. The first-order valence-corrected chi connectivity index (χ1v) is 5.94. The van der Waals surface area contributed by atoms with Crippen LogP contribution in [0.5, 0.6) is 0 Å². The molecule has 92 valence electrons. The summed E-state index contributed by atoms with van der Waals surface area (Å²) in [7, 11) is 0. The van der Waals surface area contributed by atoms with E-state index in [1.807, 2.05) is 0 Å². The van der Waals surface area contributed by atoms with E-state index in [9.17, 15) is 4.79 Å². The highest BCUT2D eigenvalue weighted by Gasteiger charge is 2.32. The summed E-state index contributed by atoms with van der Waals surface area (Å²) in [5, 5.41) is 0. The number of rotatable bonds is 6. The molecule has 0 bridgehead atoms. The average molecular weight is 229 g/mol. The normalized spacial score (nSPS) is 25.4. The molecule has 1 atom stereocenters. The molecular formula is C11H19NO4. The lowest BCUT2D eigenvalue weighted by molar-refractivity contribution is -0.145. The van der Waals surface area contributed by atoms with Crippen LogP contribution in [-0.2, 0) is 19.0 Å². The third-order valence-corrected chi connectivity index (χ3v) is 2.81. The van der Waals surface area contributed by atoms with E-state index in [0.29, 0.717) is 13.2 Å². The summed E-state index contributed by atoms with van der Waals surface area (Å²) in [4.78, 5) is 13.5. The van der Waals surface area contributed by atoms with E-state index in [0.717, 1.165) is 45.7 Å². The molecule has 5 heteroatoms. The van der Waals surface area contributed by atoms with E-state index in [1.165, 1.54) is 0 Å². The van der Waals surface area contributed by atoms with Crippen molar-refractivity contribution in [1.82, 2.24) is 4.90 Å². The van der Waals surface area contributed by atoms with E-state index in [2.05, 4.69) is 4.90 Å². The summed E-state index contributed by atoms with van der Waals surface area (Å²) < 4.78 is 15.1. The van der Waals surface area contributed by atoms with Gasteiger partial charge in [0.15, 0.2) is 6.10 Å². The van der Waals surface area contributed by atoms with Crippen LogP contribution in [0.4, 0.5) is 0 Å². The number of ether oxygens (including phenoxy) is 3. The Hall–Kier alpha value is -0.650. The Labute approximate surface area is 95.6 Å². The fourth-order valence-corrected chi connectivity index (χ4v) is 1.71. The van der Waals surface area contributed by atoms with Gasteiger partial charge in [0.1, 0.15) is 0 Å². The highest BCUT2D eigenvalue weighted by Crippen LogP contribution is 2.10. The van der Waals surface area contributed by atoms with Crippen LogP contribution in [0, 0.1) is 0 Å². The van der Waals surface area contributed by atoms with E-state index in [4.69, 9.17) is 14.2 Å². The van der Waals surface area contributed by atoms with E-state index in [-0.39, 0.29) is 12.1 Å². The summed E-state index contributed by atoms with van der Waals surface area (Å²) in [5.41, 5.74) is 0. The molecule has 1 unspecified atom stereocenters. The zero-order valence-corrected chi connectivity index (χ0v) is 9.52. The van der Waals surface area contributed by atoms with Gasteiger partial charge in [-0.25, -0.2) is 4.79 Å². The van der Waals surface area contributed by atoms with Crippen molar-refractivity contribution in [3.8, 4) is 0 Å². The van der Waals surface area contributed by atoms with Crippen molar-refractivity contribution >= 4 is 5.97 Å². The SMILES string of the molecule is O=C(OCCCCN1CCOCC1)C1CO1. The van der Waals surface area contributed by atoms with Gasteiger partial charge in [-0.1, -0.05) is 0 Å². The Morgan fingerprint density at radius 2 is 2.06 bits per heavy atom. The fourth-order valence-electron chi connectivity index (χ4n) is 1.71. The van der Waals surface area contributed by atoms with Crippen LogP contribution in [0.25, 0.3) is 0 Å². The molecule has 2 aliphatic heterocycles. The number of epoxide rings is 1. The Morgan fingerprint density at radius 1 is 1.31 bits per heavy atom. The zero-order valence-electron chi connectivity index (χ0n) is 9.52. The molecule has 2 fully saturated rings. The van der Waals surface area contributed by atoms with Crippen molar-refractivity contribution in [2.45, 2.75) is 18.9 Å². The van der Waals surface area contributed by atoms with Crippen LogP contribution in [0.3, 0.4) is 0 Å². The smallest absolute Gasteiger partial charge is 0.337 e. The molecule has 0 saturated carbocycles. The number of nitrogens with zero attached hydrogens (tertiary/aromatic N) is 1. The lowest BCUT2D eigenvalue weighted by atomic mass is 10.3. The number of carbonyl (C=O) groups is 1. The molecule has 2 saturated heterocycles. The minimum atomic E-state index is -0.265. The Balaban J connectivity index is 1.43. The van der Waals surface area contributed by atoms with E-state index < -0.39 is 0 Å². The Bertz CT molecular complexity index is 224. The molecule has 2 rings (SSSR count). The quantitative estimate of drug-likeness (QED) is 0.366. The van der Waals surface area contributed by atoms with E-state index in [1.54, 1.807) is 0 Å². The zero-order chi connectivity index (χ0) is 11.2. The minimum absolute atomic E-state index is 0.202. The van der Waals surface area contributed by atoms with Crippen molar-refractivity contribution in [2.24, 2.45) is 0 Å². The summed E-state index contributed by atoms with van der Waals surface area (Å²) in [6.07, 6.45) is 1.73. The number of morpholine rings is 1. The molecule has 0 aromatic carbocycles. The summed E-state index contributed by atoms with van der Waals surface area (Å²) >= 11 is 0. The molecule has 0 aliphatic carbocycles. The van der Waals surface area contributed by atoms with Gasteiger partial charge >= 0.3 is 5.97 Å². The molecule has 2 aliphatic rings. The summed E-state index contributed by atoms with van der Waals surface area (Å²) in [5.74, 6) is -0.202. The maximum absolute atomic E-state index is 11.1. The molecule has 2 heterocycles. The molecule has 0 spiro atoms. The first-order chi connectivity index (χ1) is 7.86. The van der Waals surface area contributed by atoms with Crippen molar-refractivity contribution < 1.29 is 19.0 Å². The first kappa shape index (κ1) is 11.8. The maximum Gasteiger partial charge on any atom is 0.337 e. The van der Waals surface area contributed by atoms with Crippen LogP contribution in [0.1, 0.15) is 12.8 Å². The van der Waals surface area contributed by atoms with Crippen LogP contribution in [0.2, 0.25) is 0 Å². The molecule has 5 nitrogen and oxygen atoms in total. The average Bonchev–Trinajstić information content (AvgIpc) is 3.13. The van der Waals surface area contributed by atoms with Gasteiger partial charge in [0, 0.05) is 13.1 Å². The summed E-state index contributed by atoms with van der Waals surface area (Å²) in [6, 6.07) is 0. The predicted octanol–water partition coefficient (Wildman–Crippen LogP) is 0.0408. The maximum atomic E-state index is 11.1. The van der Waals surface area contributed by atoms with Crippen molar-refractivity contribution in [3.05, 3.63) is 0 Å². The van der Waals surface area contributed by atoms with Crippen LogP contribution >= 0.6 is 0 Å². The van der Waals surface area contributed by atoms with Crippen molar-refractivity contribution in [2.75, 3.05) is 46.1 Å². The number of esters is 1. The first-order valence-electron chi connectivity index (χ1n) is 5.94. The second kappa shape index (κ2) is 6.18. The second-order valence-corrected chi connectivity index (χ2v) is 4.15. The number of carbonyl (C=O) groups excluding carboxylic acids is 1. The van der Waals surface area contributed by atoms with Gasteiger partial charge in [-0.15, -0.1) is 0 Å². The van der Waals surface area contributed by atoms with Gasteiger partial charge in [-0.3, -0.25) is 4.90 Å². The highest BCUT2D eigenvalue weighted by atomic mass is 16.6. The summed E-state index contributed by atoms with van der Waals surface area (Å²) in [6.45, 7) is 5.85. The van der Waals surface area contributed by atoms with Gasteiger partial charge in [0.25, 0.3) is 0 Å². The van der Waals surface area contributed by atoms with Crippen molar-refractivity contribution in [1.29, 1.82) is 0 Å². The third-order valence-electron chi connectivity index (χ3n) is 2.81. The molecule has 16 heavy (non-hydrogen) atoms. The molecule has 0 radical (unpaired) electrons. The van der Waals surface area contributed by atoms with Gasteiger partial charge in [0.2, 0.25) is 0 Å². The number of unbranched alkanes of at least 4 members (excludes halogenated alkanes) is 1. The van der Waals surface area contributed by atoms with Crippen LogP contribution in [-0.4, -0.2) is 63.0 Å². The topological polar surface area (TPSA) is 51.3 Å². The minimum Gasteiger partial charge on any atom is -0.464 e. The van der Waals surface area contributed by atoms with Gasteiger partial charge in [0.05, 0.1) is 26.4 Å². The second-order valence-electron chi connectivity index (χ2n) is 4.15. The van der Waals surface area contributed by atoms with Crippen LogP contribution < -0.4 is 0 Å². The van der Waals surface area contributed by atoms with Gasteiger partial charge in [-0.05, 0) is 19.4 Å². The molecular weight excluding hydrogens is 210 g/mol. The molecule has 0 aromatic rings. The fraction of sp³-hybridized carbons (Fsp3) is 0.909. The lowest BCUT2D eigenvalue weighted by Crippen LogP contribution is -2.36. The third kappa shape index (κ3) is 4.08. The van der Waals surface area contributed by atoms with Crippen molar-refractivity contribution in [3.63, 3.8) is 0 Å². The largest absolute Gasteiger partial charge is 0.464 e. The van der Waals surface area contributed by atoms with Gasteiger partial charge in [-0.2, -0.15) is 0 Å². The predicted molar refractivity (Wildman–Crippen MR) is 57.2 cm³/mol. The monoisotopic (exact) mass is 229 g/mol. The highest BCUT2D eigenvalue weighted by molar-refractivity contribution is 5.76. The van der Waals surface area contributed by atoms with E-state index >= 15 is 0 Å². The Morgan fingerprint density at radius 3 is 2.75 bits per heavy atom. The number of hydrogen-bond donors (Lipinski definition) is 0. The molecule has 0 N–H and O–H groups in total. The Kier molecular flexibility index (Phi) is 4.56. The number of hydrogen-bond acceptors (Lipinski definition) is 5. The van der Waals surface area contributed by atoms with Crippen LogP contribution in [0.15, 0.2) is 0 Å².